The molecular weight excluding hydrogens is 227 g/mol. The third kappa shape index (κ3) is 2.21. The summed E-state index contributed by atoms with van der Waals surface area (Å²) in [5.74, 6) is 0. The summed E-state index contributed by atoms with van der Waals surface area (Å²) in [5.41, 5.74) is 0.240. The van der Waals surface area contributed by atoms with Crippen LogP contribution in [0.5, 0.6) is 0 Å². The Balaban J connectivity index is 2.17. The molecule has 1 saturated heterocycles. The molecule has 0 N–H and O–H groups in total. The molecule has 1 aliphatic rings. The molecule has 5 heteroatoms. The number of aromatic nitrogens is 2. The standard InChI is InChI=1S/C13H23BN2O2/c1-7-10(2)16-9-8-11(15-16)14-17-12(3,4)13(5,6)18-14/h8-10H,7H2,1-6H3/t10-/m1/s1. The molecule has 1 atom stereocenters. The van der Waals surface area contributed by atoms with E-state index in [1.807, 2.05) is 16.9 Å². The largest absolute Gasteiger partial charge is 0.516 e. The highest BCUT2D eigenvalue weighted by Gasteiger charge is 2.52. The molecule has 1 aliphatic heterocycles. The summed E-state index contributed by atoms with van der Waals surface area (Å²) in [4.78, 5) is 0. The Morgan fingerprint density at radius 2 is 1.83 bits per heavy atom. The summed E-state index contributed by atoms with van der Waals surface area (Å²) in [6, 6.07) is 2.38. The van der Waals surface area contributed by atoms with Gasteiger partial charge in [-0.1, -0.05) is 6.92 Å². The van der Waals surface area contributed by atoms with Crippen molar-refractivity contribution in [2.45, 2.75) is 65.2 Å². The molecule has 0 unspecified atom stereocenters. The molecule has 0 amide bonds. The summed E-state index contributed by atoms with van der Waals surface area (Å²) in [6.45, 7) is 12.5. The van der Waals surface area contributed by atoms with Gasteiger partial charge < -0.3 is 9.31 Å². The van der Waals surface area contributed by atoms with E-state index in [9.17, 15) is 0 Å². The highest BCUT2D eigenvalue weighted by atomic mass is 16.7. The van der Waals surface area contributed by atoms with E-state index >= 15 is 0 Å². The molecule has 2 heterocycles. The zero-order chi connectivity index (χ0) is 13.6. The quantitative estimate of drug-likeness (QED) is 0.771. The Morgan fingerprint density at radius 3 is 2.33 bits per heavy atom. The van der Waals surface area contributed by atoms with E-state index in [0.717, 1.165) is 12.0 Å². The van der Waals surface area contributed by atoms with Crippen molar-refractivity contribution in [3.05, 3.63) is 12.3 Å². The molecule has 0 saturated carbocycles. The van der Waals surface area contributed by atoms with Gasteiger partial charge in [0.1, 0.15) is 0 Å². The lowest BCUT2D eigenvalue weighted by Crippen LogP contribution is -2.41. The molecular formula is C13H23BN2O2. The molecule has 1 aromatic heterocycles. The van der Waals surface area contributed by atoms with Gasteiger partial charge >= 0.3 is 7.12 Å². The van der Waals surface area contributed by atoms with Gasteiger partial charge in [0.05, 0.1) is 16.8 Å². The first kappa shape index (κ1) is 13.6. The van der Waals surface area contributed by atoms with Crippen LogP contribution in [0.1, 0.15) is 54.0 Å². The van der Waals surface area contributed by atoms with Crippen LogP contribution in [0, 0.1) is 0 Å². The fraction of sp³-hybridized carbons (Fsp3) is 0.769. The average molecular weight is 250 g/mol. The number of hydrogen-bond acceptors (Lipinski definition) is 3. The van der Waals surface area contributed by atoms with Crippen LogP contribution in [-0.2, 0) is 9.31 Å². The van der Waals surface area contributed by atoms with Crippen molar-refractivity contribution in [1.82, 2.24) is 9.78 Å². The van der Waals surface area contributed by atoms with E-state index in [-0.39, 0.29) is 18.3 Å². The van der Waals surface area contributed by atoms with Crippen LogP contribution >= 0.6 is 0 Å². The third-order valence-electron chi connectivity index (χ3n) is 4.17. The fourth-order valence-electron chi connectivity index (χ4n) is 1.87. The number of hydrogen-bond donors (Lipinski definition) is 0. The second-order valence-electron chi connectivity index (χ2n) is 6.07. The van der Waals surface area contributed by atoms with Crippen LogP contribution in [0.2, 0.25) is 0 Å². The van der Waals surface area contributed by atoms with Gasteiger partial charge in [0.15, 0.2) is 0 Å². The van der Waals surface area contributed by atoms with Gasteiger partial charge in [-0.3, -0.25) is 4.68 Å². The predicted molar refractivity (Wildman–Crippen MR) is 72.9 cm³/mol. The Hall–Kier alpha value is -0.805. The normalized spacial score (nSPS) is 23.3. The lowest BCUT2D eigenvalue weighted by atomic mass is 9.85. The first-order chi connectivity index (χ1) is 8.27. The van der Waals surface area contributed by atoms with E-state index in [2.05, 4.69) is 46.6 Å². The van der Waals surface area contributed by atoms with Crippen LogP contribution < -0.4 is 5.59 Å². The third-order valence-corrected chi connectivity index (χ3v) is 4.17. The Kier molecular flexibility index (Phi) is 3.32. The first-order valence-corrected chi connectivity index (χ1v) is 6.67. The van der Waals surface area contributed by atoms with E-state index in [1.165, 1.54) is 0 Å². The second kappa shape index (κ2) is 4.39. The highest BCUT2D eigenvalue weighted by molar-refractivity contribution is 6.61. The average Bonchev–Trinajstić information content (AvgIpc) is 2.82. The molecule has 0 spiro atoms. The van der Waals surface area contributed by atoms with Crippen LogP contribution in [0.4, 0.5) is 0 Å². The monoisotopic (exact) mass is 250 g/mol. The van der Waals surface area contributed by atoms with E-state index in [0.29, 0.717) is 6.04 Å². The van der Waals surface area contributed by atoms with Crippen molar-refractivity contribution in [2.24, 2.45) is 0 Å². The van der Waals surface area contributed by atoms with Crippen molar-refractivity contribution in [1.29, 1.82) is 0 Å². The summed E-state index contributed by atoms with van der Waals surface area (Å²) in [7, 11) is -0.361. The van der Waals surface area contributed by atoms with Crippen molar-refractivity contribution >= 4 is 12.7 Å². The summed E-state index contributed by atoms with van der Waals surface area (Å²) in [5, 5.41) is 4.56. The predicted octanol–water partition coefficient (Wildman–Crippen LogP) is 2.15. The molecule has 4 nitrogen and oxygen atoms in total. The molecule has 0 bridgehead atoms. The number of nitrogens with zero attached hydrogens (tertiary/aromatic N) is 2. The maximum absolute atomic E-state index is 5.98. The van der Waals surface area contributed by atoms with Crippen molar-refractivity contribution in [3.8, 4) is 0 Å². The molecule has 18 heavy (non-hydrogen) atoms. The zero-order valence-corrected chi connectivity index (χ0v) is 12.2. The van der Waals surface area contributed by atoms with Crippen LogP contribution in [0.3, 0.4) is 0 Å². The lowest BCUT2D eigenvalue weighted by Gasteiger charge is -2.32. The zero-order valence-electron chi connectivity index (χ0n) is 12.2. The molecule has 100 valence electrons. The smallest absolute Gasteiger partial charge is 0.398 e. The fourth-order valence-corrected chi connectivity index (χ4v) is 1.87. The van der Waals surface area contributed by atoms with Crippen molar-refractivity contribution < 1.29 is 9.31 Å². The Morgan fingerprint density at radius 1 is 1.28 bits per heavy atom. The molecule has 1 aromatic rings. The molecule has 0 radical (unpaired) electrons. The van der Waals surface area contributed by atoms with E-state index in [1.54, 1.807) is 0 Å². The highest BCUT2D eigenvalue weighted by Crippen LogP contribution is 2.36. The minimum Gasteiger partial charge on any atom is -0.398 e. The van der Waals surface area contributed by atoms with Crippen molar-refractivity contribution in [3.63, 3.8) is 0 Å². The summed E-state index contributed by atoms with van der Waals surface area (Å²) in [6.07, 6.45) is 3.05. The van der Waals surface area contributed by atoms with Gasteiger partial charge in [-0.2, -0.15) is 5.10 Å². The SMILES string of the molecule is CC[C@@H](C)n1ccc(B2OC(C)(C)C(C)(C)O2)n1. The maximum atomic E-state index is 5.98. The molecule has 0 aliphatic carbocycles. The van der Waals surface area contributed by atoms with Gasteiger partial charge in [0.25, 0.3) is 0 Å². The minimum atomic E-state index is -0.361. The van der Waals surface area contributed by atoms with Gasteiger partial charge in [-0.15, -0.1) is 0 Å². The first-order valence-electron chi connectivity index (χ1n) is 6.67. The topological polar surface area (TPSA) is 36.3 Å². The van der Waals surface area contributed by atoms with Crippen LogP contribution in [0.15, 0.2) is 12.3 Å². The second-order valence-corrected chi connectivity index (χ2v) is 6.07. The van der Waals surface area contributed by atoms with Gasteiger partial charge in [0, 0.05) is 12.2 Å². The number of rotatable bonds is 3. The minimum absolute atomic E-state index is 0.308. The van der Waals surface area contributed by atoms with E-state index in [4.69, 9.17) is 9.31 Å². The molecule has 1 fully saturated rings. The van der Waals surface area contributed by atoms with Crippen molar-refractivity contribution in [2.75, 3.05) is 0 Å². The summed E-state index contributed by atoms with van der Waals surface area (Å²) >= 11 is 0. The molecule has 0 aromatic carbocycles. The maximum Gasteiger partial charge on any atom is 0.516 e. The van der Waals surface area contributed by atoms with Crippen LogP contribution in [-0.4, -0.2) is 28.1 Å². The van der Waals surface area contributed by atoms with Gasteiger partial charge in [0.2, 0.25) is 0 Å². The van der Waals surface area contributed by atoms with Gasteiger partial charge in [-0.05, 0) is 47.1 Å². The lowest BCUT2D eigenvalue weighted by molar-refractivity contribution is 0.00578. The summed E-state index contributed by atoms with van der Waals surface area (Å²) < 4.78 is 13.9. The van der Waals surface area contributed by atoms with E-state index < -0.39 is 0 Å². The molecule has 2 rings (SSSR count). The Labute approximate surface area is 110 Å². The van der Waals surface area contributed by atoms with Crippen LogP contribution in [0.25, 0.3) is 0 Å². The van der Waals surface area contributed by atoms with Gasteiger partial charge in [-0.25, -0.2) is 0 Å². The Bertz CT molecular complexity index is 412.